The number of rotatable bonds is 4. The first-order chi connectivity index (χ1) is 11.9. The number of likely N-dealkylation sites (tertiary alicyclic amines) is 1. The molecule has 25 heavy (non-hydrogen) atoms. The summed E-state index contributed by atoms with van der Waals surface area (Å²) in [4.78, 5) is 14.5. The Hall–Kier alpha value is -2.34. The number of nitrogens with one attached hydrogen (secondary N) is 1. The predicted molar refractivity (Wildman–Crippen MR) is 97.2 cm³/mol. The number of hydrogen-bond acceptors (Lipinski definition) is 3. The molecule has 1 unspecified atom stereocenters. The van der Waals surface area contributed by atoms with Crippen molar-refractivity contribution >= 4 is 15.9 Å². The van der Waals surface area contributed by atoms with Gasteiger partial charge in [0.2, 0.25) is 0 Å². The standard InChI is InChI=1S/C19H22N2O3S/c1-25(23,24)18-9-7-15(8-10-18)13-20-19(22)21-12-11-17(14-21)16-5-3-2-4-6-16/h2-10,17H,11-14H2,1H3,(H,20,22). The van der Waals surface area contributed by atoms with Gasteiger partial charge >= 0.3 is 6.03 Å². The van der Waals surface area contributed by atoms with E-state index in [4.69, 9.17) is 0 Å². The summed E-state index contributed by atoms with van der Waals surface area (Å²) in [5.74, 6) is 0.390. The number of sulfone groups is 1. The zero-order chi connectivity index (χ0) is 17.9. The molecule has 1 aliphatic heterocycles. The lowest BCUT2D eigenvalue weighted by Gasteiger charge is -2.17. The molecule has 0 spiro atoms. The number of benzene rings is 2. The molecule has 0 aromatic heterocycles. The molecular weight excluding hydrogens is 336 g/mol. The van der Waals surface area contributed by atoms with Crippen LogP contribution in [0.2, 0.25) is 0 Å². The van der Waals surface area contributed by atoms with E-state index in [2.05, 4.69) is 17.4 Å². The van der Waals surface area contributed by atoms with Crippen LogP contribution < -0.4 is 5.32 Å². The molecule has 0 saturated carbocycles. The maximum atomic E-state index is 12.3. The summed E-state index contributed by atoms with van der Waals surface area (Å²) < 4.78 is 22.9. The van der Waals surface area contributed by atoms with Crippen LogP contribution in [0.1, 0.15) is 23.5 Å². The molecule has 1 fully saturated rings. The van der Waals surface area contributed by atoms with Crippen LogP contribution >= 0.6 is 0 Å². The van der Waals surface area contributed by atoms with Crippen molar-refractivity contribution in [3.05, 3.63) is 65.7 Å². The van der Waals surface area contributed by atoms with E-state index in [1.165, 1.54) is 11.8 Å². The van der Waals surface area contributed by atoms with Crippen LogP contribution in [0.3, 0.4) is 0 Å². The largest absolute Gasteiger partial charge is 0.334 e. The van der Waals surface area contributed by atoms with Crippen LogP contribution in [-0.4, -0.2) is 38.7 Å². The first kappa shape index (κ1) is 17.5. The molecule has 1 aliphatic rings. The van der Waals surface area contributed by atoms with Crippen molar-refractivity contribution in [2.24, 2.45) is 0 Å². The molecule has 6 heteroatoms. The highest BCUT2D eigenvalue weighted by Gasteiger charge is 2.26. The molecule has 5 nitrogen and oxygen atoms in total. The minimum Gasteiger partial charge on any atom is -0.334 e. The average Bonchev–Trinajstić information content (AvgIpc) is 3.10. The fourth-order valence-electron chi connectivity index (χ4n) is 3.09. The van der Waals surface area contributed by atoms with Gasteiger partial charge in [-0.15, -0.1) is 0 Å². The molecule has 0 aliphatic carbocycles. The lowest BCUT2D eigenvalue weighted by Crippen LogP contribution is -2.37. The molecule has 1 N–H and O–H groups in total. The highest BCUT2D eigenvalue weighted by atomic mass is 32.2. The van der Waals surface area contributed by atoms with E-state index >= 15 is 0 Å². The minimum atomic E-state index is -3.19. The van der Waals surface area contributed by atoms with Crippen LogP contribution in [-0.2, 0) is 16.4 Å². The quantitative estimate of drug-likeness (QED) is 0.914. The van der Waals surface area contributed by atoms with E-state index < -0.39 is 9.84 Å². The van der Waals surface area contributed by atoms with Crippen molar-refractivity contribution in [2.45, 2.75) is 23.8 Å². The number of urea groups is 1. The SMILES string of the molecule is CS(=O)(=O)c1ccc(CNC(=O)N2CCC(c3ccccc3)C2)cc1. The van der Waals surface area contributed by atoms with Gasteiger partial charge in [0, 0.05) is 31.8 Å². The number of hydrogen-bond donors (Lipinski definition) is 1. The Morgan fingerprint density at radius 3 is 2.44 bits per heavy atom. The molecule has 0 radical (unpaired) electrons. The first-order valence-electron chi connectivity index (χ1n) is 8.30. The summed E-state index contributed by atoms with van der Waals surface area (Å²) in [6.07, 6.45) is 2.15. The maximum absolute atomic E-state index is 12.3. The minimum absolute atomic E-state index is 0.0781. The molecule has 1 atom stereocenters. The number of nitrogens with zero attached hydrogens (tertiary/aromatic N) is 1. The molecular formula is C19H22N2O3S. The number of carbonyl (C=O) groups is 1. The Morgan fingerprint density at radius 1 is 1.12 bits per heavy atom. The Balaban J connectivity index is 1.53. The summed E-state index contributed by atoms with van der Waals surface area (Å²) in [6.45, 7) is 1.86. The lowest BCUT2D eigenvalue weighted by atomic mass is 9.99. The van der Waals surface area contributed by atoms with Crippen LogP contribution in [0.4, 0.5) is 4.79 Å². The molecule has 2 aromatic rings. The van der Waals surface area contributed by atoms with Crippen LogP contribution in [0, 0.1) is 0 Å². The molecule has 132 valence electrons. The van der Waals surface area contributed by atoms with Crippen molar-refractivity contribution in [1.29, 1.82) is 0 Å². The normalized spacial score (nSPS) is 17.5. The maximum Gasteiger partial charge on any atom is 0.317 e. The third-order valence-electron chi connectivity index (χ3n) is 4.54. The summed E-state index contributed by atoms with van der Waals surface area (Å²) in [6, 6.07) is 16.8. The van der Waals surface area contributed by atoms with Gasteiger partial charge in [-0.1, -0.05) is 42.5 Å². The highest BCUT2D eigenvalue weighted by molar-refractivity contribution is 7.90. The van der Waals surface area contributed by atoms with Crippen molar-refractivity contribution in [3.63, 3.8) is 0 Å². The van der Waals surface area contributed by atoms with Gasteiger partial charge in [-0.25, -0.2) is 13.2 Å². The van der Waals surface area contributed by atoms with E-state index in [0.717, 1.165) is 25.1 Å². The van der Waals surface area contributed by atoms with Crippen LogP contribution in [0.15, 0.2) is 59.5 Å². The second-order valence-corrected chi connectivity index (χ2v) is 8.43. The molecule has 3 rings (SSSR count). The zero-order valence-electron chi connectivity index (χ0n) is 14.2. The Bertz CT molecular complexity index is 833. The monoisotopic (exact) mass is 358 g/mol. The Labute approximate surface area is 148 Å². The van der Waals surface area contributed by atoms with Gasteiger partial charge in [0.25, 0.3) is 0 Å². The van der Waals surface area contributed by atoms with E-state index in [9.17, 15) is 13.2 Å². The molecule has 0 bridgehead atoms. The third kappa shape index (κ3) is 4.39. The Kier molecular flexibility index (Phi) is 5.08. The van der Waals surface area contributed by atoms with Gasteiger partial charge in [0.1, 0.15) is 0 Å². The predicted octanol–water partition coefficient (Wildman–Crippen LogP) is 2.79. The highest BCUT2D eigenvalue weighted by Crippen LogP contribution is 2.26. The van der Waals surface area contributed by atoms with Gasteiger partial charge in [-0.3, -0.25) is 0 Å². The fourth-order valence-corrected chi connectivity index (χ4v) is 3.72. The fraction of sp³-hybridized carbons (Fsp3) is 0.316. The van der Waals surface area contributed by atoms with Gasteiger partial charge in [0.05, 0.1) is 4.90 Å². The molecule has 1 heterocycles. The third-order valence-corrected chi connectivity index (χ3v) is 5.67. The first-order valence-corrected chi connectivity index (χ1v) is 10.2. The number of carbonyl (C=O) groups excluding carboxylic acids is 1. The second-order valence-electron chi connectivity index (χ2n) is 6.42. The van der Waals surface area contributed by atoms with Gasteiger partial charge in [0.15, 0.2) is 9.84 Å². The summed E-state index contributed by atoms with van der Waals surface area (Å²) >= 11 is 0. The zero-order valence-corrected chi connectivity index (χ0v) is 15.0. The van der Waals surface area contributed by atoms with E-state index in [1.807, 2.05) is 23.1 Å². The van der Waals surface area contributed by atoms with Crippen molar-refractivity contribution < 1.29 is 13.2 Å². The van der Waals surface area contributed by atoms with Crippen molar-refractivity contribution in [1.82, 2.24) is 10.2 Å². The number of amides is 2. The molecule has 2 aromatic carbocycles. The summed E-state index contributed by atoms with van der Waals surface area (Å²) in [5.41, 5.74) is 2.15. The van der Waals surface area contributed by atoms with E-state index in [-0.39, 0.29) is 10.9 Å². The van der Waals surface area contributed by atoms with E-state index in [0.29, 0.717) is 12.5 Å². The topological polar surface area (TPSA) is 66.5 Å². The summed E-state index contributed by atoms with van der Waals surface area (Å²) in [7, 11) is -3.19. The van der Waals surface area contributed by atoms with Crippen LogP contribution in [0.5, 0.6) is 0 Å². The Morgan fingerprint density at radius 2 is 1.80 bits per heavy atom. The molecule has 2 amide bonds. The second kappa shape index (κ2) is 7.27. The van der Waals surface area contributed by atoms with Crippen molar-refractivity contribution in [2.75, 3.05) is 19.3 Å². The van der Waals surface area contributed by atoms with Gasteiger partial charge in [-0.05, 0) is 29.7 Å². The lowest BCUT2D eigenvalue weighted by molar-refractivity contribution is 0.208. The smallest absolute Gasteiger partial charge is 0.317 e. The van der Waals surface area contributed by atoms with Crippen LogP contribution in [0.25, 0.3) is 0 Å². The van der Waals surface area contributed by atoms with Gasteiger partial charge < -0.3 is 10.2 Å². The van der Waals surface area contributed by atoms with Crippen molar-refractivity contribution in [3.8, 4) is 0 Å². The summed E-state index contributed by atoms with van der Waals surface area (Å²) in [5, 5.41) is 2.91. The van der Waals surface area contributed by atoms with E-state index in [1.54, 1.807) is 24.3 Å². The van der Waals surface area contributed by atoms with Gasteiger partial charge in [-0.2, -0.15) is 0 Å². The average molecular weight is 358 g/mol. The molecule has 1 saturated heterocycles.